The Balaban J connectivity index is 1.88. The van der Waals surface area contributed by atoms with Crippen LogP contribution in [-0.2, 0) is 18.9 Å². The van der Waals surface area contributed by atoms with Crippen molar-refractivity contribution in [3.05, 3.63) is 0 Å². The molecule has 3 aliphatic heterocycles. The van der Waals surface area contributed by atoms with Gasteiger partial charge in [-0.3, -0.25) is 0 Å². The van der Waals surface area contributed by atoms with Crippen LogP contribution in [-0.4, -0.2) is 177 Å². The Hall–Kier alpha value is -0.680. The maximum absolute atomic E-state index is 11.0. The minimum Gasteiger partial charge on any atom is -0.394 e. The van der Waals surface area contributed by atoms with Crippen LogP contribution >= 0.6 is 0 Å². The molecule has 3 heterocycles. The second-order valence-electron chi connectivity index (χ2n) is 8.78. The number of aliphatic hydroxyl groups excluding tert-OH is 12. The molecule has 0 aliphatic carbocycles. The summed E-state index contributed by atoms with van der Waals surface area (Å²) in [5.74, 6) is -3.24. The second-order valence-corrected chi connectivity index (χ2v) is 8.78. The van der Waals surface area contributed by atoms with Gasteiger partial charge < -0.3 is 85.3 Å². The van der Waals surface area contributed by atoms with Crippen molar-refractivity contribution in [1.29, 1.82) is 0 Å². The molecular weight excluding hydrogens is 488 g/mol. The molecule has 0 aromatic rings. The maximum Gasteiger partial charge on any atom is 0.225 e. The molecule has 0 saturated carbocycles. The van der Waals surface area contributed by atoms with Crippen molar-refractivity contribution >= 4 is 0 Å². The highest BCUT2D eigenvalue weighted by Crippen LogP contribution is 2.43. The van der Waals surface area contributed by atoms with E-state index in [4.69, 9.17) is 18.9 Å². The van der Waals surface area contributed by atoms with Crippen molar-refractivity contribution in [2.24, 2.45) is 0 Å². The first-order chi connectivity index (χ1) is 16.3. The molecule has 0 bridgehead atoms. The topological polar surface area (TPSA) is 300 Å². The summed E-state index contributed by atoms with van der Waals surface area (Å²) >= 11 is 0. The highest BCUT2D eigenvalue weighted by molar-refractivity contribution is 5.12. The predicted octanol–water partition coefficient (Wildman–Crippen LogP) is -8.86. The van der Waals surface area contributed by atoms with E-state index in [1.807, 2.05) is 0 Å². The summed E-state index contributed by atoms with van der Waals surface area (Å²) < 4.78 is 20.6. The van der Waals surface area contributed by atoms with E-state index >= 15 is 0 Å². The molecule has 3 saturated heterocycles. The van der Waals surface area contributed by atoms with Gasteiger partial charge in [0.05, 0.1) is 19.8 Å². The fraction of sp³-hybridized carbons (Fsp3) is 1.00. The SMILES string of the molecule is OC[C@H]1OC(O[C@@H]2[C@@H](CO)O[C@](O)(C(O)[C@]3(CO)OC(O)[C@H](O)[C@@H](O)[C@@H]3O)[C@H]2O)[C@H](O)[C@@H](O)[C@H]1O. The summed E-state index contributed by atoms with van der Waals surface area (Å²) in [6.45, 7) is -3.20. The summed E-state index contributed by atoms with van der Waals surface area (Å²) in [6, 6.07) is 0. The van der Waals surface area contributed by atoms with Crippen LogP contribution in [0, 0.1) is 0 Å². The molecule has 15 atom stereocenters. The fourth-order valence-corrected chi connectivity index (χ4v) is 4.48. The summed E-state index contributed by atoms with van der Waals surface area (Å²) in [5.41, 5.74) is -2.84. The van der Waals surface area contributed by atoms with Gasteiger partial charge in [-0.2, -0.15) is 0 Å². The summed E-state index contributed by atoms with van der Waals surface area (Å²) in [5, 5.41) is 131. The van der Waals surface area contributed by atoms with E-state index in [0.29, 0.717) is 0 Å². The quantitative estimate of drug-likeness (QED) is 0.148. The number of hydrogen-bond acceptors (Lipinski definition) is 17. The van der Waals surface area contributed by atoms with Gasteiger partial charge in [-0.15, -0.1) is 0 Å². The van der Waals surface area contributed by atoms with Gasteiger partial charge >= 0.3 is 0 Å². The number of aliphatic hydroxyl groups is 13. The molecule has 13 N–H and O–H groups in total. The monoisotopic (exact) mass is 520 g/mol. The average molecular weight is 520 g/mol. The minimum absolute atomic E-state index is 0.814. The Morgan fingerprint density at radius 3 is 1.86 bits per heavy atom. The van der Waals surface area contributed by atoms with E-state index in [-0.39, 0.29) is 0 Å². The highest BCUT2D eigenvalue weighted by Gasteiger charge is 2.68. The lowest BCUT2D eigenvalue weighted by atomic mass is 9.78. The van der Waals surface area contributed by atoms with Gasteiger partial charge in [0.1, 0.15) is 67.1 Å². The van der Waals surface area contributed by atoms with Crippen molar-refractivity contribution in [2.45, 2.75) is 91.1 Å². The minimum atomic E-state index is -3.24. The molecule has 17 nitrogen and oxygen atoms in total. The summed E-state index contributed by atoms with van der Waals surface area (Å²) in [6.07, 6.45) is -26.3. The van der Waals surface area contributed by atoms with E-state index in [1.54, 1.807) is 0 Å². The zero-order valence-electron chi connectivity index (χ0n) is 18.1. The summed E-state index contributed by atoms with van der Waals surface area (Å²) in [7, 11) is 0. The molecule has 3 aliphatic rings. The van der Waals surface area contributed by atoms with Gasteiger partial charge in [0.2, 0.25) is 5.79 Å². The van der Waals surface area contributed by atoms with Gasteiger partial charge in [-0.25, -0.2) is 0 Å². The first-order valence-corrected chi connectivity index (χ1v) is 10.6. The first-order valence-electron chi connectivity index (χ1n) is 10.6. The zero-order chi connectivity index (χ0) is 26.5. The molecule has 0 aromatic heterocycles. The van der Waals surface area contributed by atoms with Crippen molar-refractivity contribution in [3.8, 4) is 0 Å². The van der Waals surface area contributed by atoms with Crippen LogP contribution in [0.5, 0.6) is 0 Å². The van der Waals surface area contributed by atoms with Crippen LogP contribution in [0.25, 0.3) is 0 Å². The van der Waals surface area contributed by atoms with Gasteiger partial charge in [0.15, 0.2) is 18.2 Å². The molecule has 0 aromatic carbocycles. The lowest BCUT2D eigenvalue weighted by Crippen LogP contribution is -2.75. The van der Waals surface area contributed by atoms with Gasteiger partial charge in [0.25, 0.3) is 0 Å². The third-order valence-electron chi connectivity index (χ3n) is 6.67. The molecular formula is C18H32O17. The lowest BCUT2D eigenvalue weighted by Gasteiger charge is -2.51. The molecule has 0 amide bonds. The molecule has 0 spiro atoms. The van der Waals surface area contributed by atoms with E-state index in [2.05, 4.69) is 0 Å². The molecule has 3 unspecified atom stereocenters. The van der Waals surface area contributed by atoms with Crippen molar-refractivity contribution in [1.82, 2.24) is 0 Å². The van der Waals surface area contributed by atoms with Gasteiger partial charge in [-0.05, 0) is 0 Å². The number of hydrogen-bond donors (Lipinski definition) is 13. The van der Waals surface area contributed by atoms with Crippen LogP contribution in [0.15, 0.2) is 0 Å². The molecule has 17 heteroatoms. The van der Waals surface area contributed by atoms with Crippen LogP contribution in [0.3, 0.4) is 0 Å². The fourth-order valence-electron chi connectivity index (χ4n) is 4.48. The van der Waals surface area contributed by atoms with E-state index in [9.17, 15) is 66.4 Å². The van der Waals surface area contributed by atoms with E-state index in [1.165, 1.54) is 0 Å². The molecule has 0 radical (unpaired) electrons. The molecule has 35 heavy (non-hydrogen) atoms. The Morgan fingerprint density at radius 2 is 1.31 bits per heavy atom. The van der Waals surface area contributed by atoms with Crippen LogP contribution < -0.4 is 0 Å². The number of rotatable bonds is 7. The zero-order valence-corrected chi connectivity index (χ0v) is 18.1. The van der Waals surface area contributed by atoms with Crippen LogP contribution in [0.4, 0.5) is 0 Å². The predicted molar refractivity (Wildman–Crippen MR) is 102 cm³/mol. The smallest absolute Gasteiger partial charge is 0.225 e. The normalized spacial score (nSPS) is 54.1. The van der Waals surface area contributed by atoms with Gasteiger partial charge in [-0.1, -0.05) is 0 Å². The van der Waals surface area contributed by atoms with Crippen molar-refractivity contribution in [2.75, 3.05) is 19.8 Å². The third-order valence-corrected chi connectivity index (χ3v) is 6.67. The Bertz CT molecular complexity index is 713. The Morgan fingerprint density at radius 1 is 0.714 bits per heavy atom. The molecule has 206 valence electrons. The van der Waals surface area contributed by atoms with Crippen LogP contribution in [0.2, 0.25) is 0 Å². The second kappa shape index (κ2) is 10.6. The molecule has 3 fully saturated rings. The average Bonchev–Trinajstić information content (AvgIpc) is 3.10. The largest absolute Gasteiger partial charge is 0.394 e. The van der Waals surface area contributed by atoms with E-state index < -0.39 is 111 Å². The first kappa shape index (κ1) is 28.9. The lowest BCUT2D eigenvalue weighted by molar-refractivity contribution is -0.387. The Kier molecular flexibility index (Phi) is 8.74. The molecule has 3 rings (SSSR count). The summed E-state index contributed by atoms with van der Waals surface area (Å²) in [4.78, 5) is 0. The van der Waals surface area contributed by atoms with Gasteiger partial charge in [0, 0.05) is 0 Å². The van der Waals surface area contributed by atoms with E-state index in [0.717, 1.165) is 0 Å². The van der Waals surface area contributed by atoms with Crippen LogP contribution in [0.1, 0.15) is 0 Å². The maximum atomic E-state index is 11.0. The number of ether oxygens (including phenoxy) is 4. The third kappa shape index (κ3) is 4.60. The van der Waals surface area contributed by atoms with Crippen molar-refractivity contribution in [3.63, 3.8) is 0 Å². The van der Waals surface area contributed by atoms with Crippen molar-refractivity contribution < 1.29 is 85.3 Å². The standard InChI is InChI=1S/C18H32O17/c19-1-4-6(22)7(23)10(26)15(32-4)33-11-5(2-20)34-18(31,13(11)28)16(30)17(3-21)12(27)8(24)9(25)14(29)35-17/h4-16,19-31H,1-3H2/t4-,5-,6+,7+,8-,9-,10-,11-,12+,13+,14?,15?,16?,17-,18+/m1/s1. The highest BCUT2D eigenvalue weighted by atomic mass is 16.7. The Labute approximate surface area is 197 Å².